The summed E-state index contributed by atoms with van der Waals surface area (Å²) in [6, 6.07) is 7.83. The lowest BCUT2D eigenvalue weighted by Gasteiger charge is -2.15. The van der Waals surface area contributed by atoms with Crippen LogP contribution in [0.15, 0.2) is 22.7 Å². The Morgan fingerprint density at radius 3 is 2.78 bits per heavy atom. The van der Waals surface area contributed by atoms with Crippen LogP contribution in [0.2, 0.25) is 0 Å². The van der Waals surface area contributed by atoms with Crippen LogP contribution in [0.3, 0.4) is 0 Å². The first-order chi connectivity index (χ1) is 8.48. The standard InChI is InChI=1S/C14H18BrNO2/c1-14(2,10-16)6-3-7-18-13-5-4-12(15)8-11(13)9-17/h4-5,8,17H,3,6-7,9H2,1-2H3. The second-order valence-corrected chi connectivity index (χ2v) is 5.77. The molecule has 3 nitrogen and oxygen atoms in total. The van der Waals surface area contributed by atoms with Crippen molar-refractivity contribution in [2.75, 3.05) is 6.61 Å². The van der Waals surface area contributed by atoms with Crippen molar-refractivity contribution < 1.29 is 9.84 Å². The maximum Gasteiger partial charge on any atom is 0.124 e. The number of aliphatic hydroxyl groups is 1. The predicted molar refractivity (Wildman–Crippen MR) is 74.2 cm³/mol. The summed E-state index contributed by atoms with van der Waals surface area (Å²) in [6.07, 6.45) is 1.62. The lowest BCUT2D eigenvalue weighted by Crippen LogP contribution is -2.10. The van der Waals surface area contributed by atoms with Crippen LogP contribution in [0.5, 0.6) is 5.75 Å². The molecule has 0 aromatic heterocycles. The van der Waals surface area contributed by atoms with Gasteiger partial charge in [0.05, 0.1) is 24.7 Å². The molecule has 0 unspecified atom stereocenters. The van der Waals surface area contributed by atoms with E-state index in [9.17, 15) is 5.11 Å². The SMILES string of the molecule is CC(C)(C#N)CCCOc1ccc(Br)cc1CO. The summed E-state index contributed by atoms with van der Waals surface area (Å²) in [5, 5.41) is 18.1. The van der Waals surface area contributed by atoms with Gasteiger partial charge in [0.2, 0.25) is 0 Å². The van der Waals surface area contributed by atoms with E-state index in [2.05, 4.69) is 22.0 Å². The van der Waals surface area contributed by atoms with Crippen molar-refractivity contribution in [2.45, 2.75) is 33.3 Å². The third kappa shape index (κ3) is 4.67. The van der Waals surface area contributed by atoms with Crippen molar-refractivity contribution >= 4 is 15.9 Å². The van der Waals surface area contributed by atoms with Crippen molar-refractivity contribution in [3.05, 3.63) is 28.2 Å². The van der Waals surface area contributed by atoms with Gasteiger partial charge in [-0.2, -0.15) is 5.26 Å². The van der Waals surface area contributed by atoms with Crippen LogP contribution in [0.25, 0.3) is 0 Å². The Morgan fingerprint density at radius 2 is 2.17 bits per heavy atom. The molecule has 0 amide bonds. The number of nitriles is 1. The topological polar surface area (TPSA) is 53.2 Å². The highest BCUT2D eigenvalue weighted by atomic mass is 79.9. The smallest absolute Gasteiger partial charge is 0.124 e. The van der Waals surface area contributed by atoms with E-state index in [1.165, 1.54) is 0 Å². The zero-order valence-electron chi connectivity index (χ0n) is 10.7. The number of benzene rings is 1. The molecule has 0 heterocycles. The molecule has 0 saturated carbocycles. The number of nitrogens with zero attached hydrogens (tertiary/aromatic N) is 1. The third-order valence-electron chi connectivity index (χ3n) is 2.70. The van der Waals surface area contributed by atoms with Crippen LogP contribution < -0.4 is 4.74 Å². The predicted octanol–water partition coefficient (Wildman–Crippen LogP) is 3.65. The molecule has 1 N–H and O–H groups in total. The molecule has 18 heavy (non-hydrogen) atoms. The van der Waals surface area contributed by atoms with E-state index in [0.717, 1.165) is 22.9 Å². The molecule has 0 aliphatic rings. The molecule has 1 rings (SSSR count). The summed E-state index contributed by atoms with van der Waals surface area (Å²) in [4.78, 5) is 0. The largest absolute Gasteiger partial charge is 0.493 e. The molecule has 0 saturated heterocycles. The molecule has 0 aliphatic carbocycles. The summed E-state index contributed by atoms with van der Waals surface area (Å²) in [6.45, 7) is 4.36. The van der Waals surface area contributed by atoms with E-state index in [-0.39, 0.29) is 12.0 Å². The first-order valence-electron chi connectivity index (χ1n) is 5.92. The summed E-state index contributed by atoms with van der Waals surface area (Å²) in [7, 11) is 0. The first-order valence-corrected chi connectivity index (χ1v) is 6.71. The quantitative estimate of drug-likeness (QED) is 0.816. The van der Waals surface area contributed by atoms with Gasteiger partial charge in [0.1, 0.15) is 5.75 Å². The second-order valence-electron chi connectivity index (χ2n) is 4.86. The van der Waals surface area contributed by atoms with E-state index >= 15 is 0 Å². The number of ether oxygens (including phenoxy) is 1. The van der Waals surface area contributed by atoms with Crippen molar-refractivity contribution in [2.24, 2.45) is 5.41 Å². The van der Waals surface area contributed by atoms with E-state index in [1.54, 1.807) is 0 Å². The minimum atomic E-state index is -0.303. The molecule has 1 aromatic rings. The van der Waals surface area contributed by atoms with Crippen molar-refractivity contribution in [1.29, 1.82) is 5.26 Å². The molecule has 0 atom stereocenters. The van der Waals surface area contributed by atoms with Gasteiger partial charge in [0.15, 0.2) is 0 Å². The van der Waals surface area contributed by atoms with Gasteiger partial charge in [-0.15, -0.1) is 0 Å². The van der Waals surface area contributed by atoms with Gasteiger partial charge in [-0.05, 0) is 44.9 Å². The Kier molecular flexibility index (Phi) is 5.64. The summed E-state index contributed by atoms with van der Waals surface area (Å²) in [5.74, 6) is 0.704. The fraction of sp³-hybridized carbons (Fsp3) is 0.500. The molecule has 0 spiro atoms. The average Bonchev–Trinajstić information content (AvgIpc) is 2.36. The average molecular weight is 312 g/mol. The highest BCUT2D eigenvalue weighted by Crippen LogP contribution is 2.25. The van der Waals surface area contributed by atoms with Crippen LogP contribution >= 0.6 is 15.9 Å². The number of hydrogen-bond donors (Lipinski definition) is 1. The molecule has 98 valence electrons. The van der Waals surface area contributed by atoms with Gasteiger partial charge in [-0.3, -0.25) is 0 Å². The third-order valence-corrected chi connectivity index (χ3v) is 3.19. The van der Waals surface area contributed by atoms with Gasteiger partial charge < -0.3 is 9.84 Å². The van der Waals surface area contributed by atoms with Gasteiger partial charge >= 0.3 is 0 Å². The highest BCUT2D eigenvalue weighted by molar-refractivity contribution is 9.10. The van der Waals surface area contributed by atoms with Gasteiger partial charge in [0, 0.05) is 10.0 Å². The molecule has 0 aliphatic heterocycles. The van der Waals surface area contributed by atoms with Gasteiger partial charge in [-0.25, -0.2) is 0 Å². The Bertz CT molecular complexity index is 438. The molecule has 0 bridgehead atoms. The van der Waals surface area contributed by atoms with Crippen molar-refractivity contribution in [3.63, 3.8) is 0 Å². The number of aliphatic hydroxyl groups excluding tert-OH is 1. The molecule has 0 radical (unpaired) electrons. The second kappa shape index (κ2) is 6.77. The maximum absolute atomic E-state index is 9.22. The lowest BCUT2D eigenvalue weighted by molar-refractivity contribution is 0.254. The van der Waals surface area contributed by atoms with Crippen molar-refractivity contribution in [3.8, 4) is 11.8 Å². The number of halogens is 1. The summed E-state index contributed by atoms with van der Waals surface area (Å²) >= 11 is 3.35. The van der Waals surface area contributed by atoms with Crippen LogP contribution in [-0.2, 0) is 6.61 Å². The molecular formula is C14H18BrNO2. The zero-order chi connectivity index (χ0) is 13.6. The molecule has 4 heteroatoms. The van der Waals surface area contributed by atoms with Crippen LogP contribution in [-0.4, -0.2) is 11.7 Å². The highest BCUT2D eigenvalue weighted by Gasteiger charge is 2.15. The Hall–Kier alpha value is -1.05. The lowest BCUT2D eigenvalue weighted by atomic mass is 9.90. The van der Waals surface area contributed by atoms with Crippen molar-refractivity contribution in [1.82, 2.24) is 0 Å². The molecular weight excluding hydrogens is 294 g/mol. The molecule has 0 fully saturated rings. The number of rotatable bonds is 6. The van der Waals surface area contributed by atoms with Gasteiger partial charge in [-0.1, -0.05) is 15.9 Å². The van der Waals surface area contributed by atoms with E-state index < -0.39 is 0 Å². The van der Waals surface area contributed by atoms with Crippen LogP contribution in [0, 0.1) is 16.7 Å². The van der Waals surface area contributed by atoms with Gasteiger partial charge in [0.25, 0.3) is 0 Å². The van der Waals surface area contributed by atoms with E-state index in [4.69, 9.17) is 10.00 Å². The fourth-order valence-electron chi connectivity index (χ4n) is 1.56. The maximum atomic E-state index is 9.22. The van der Waals surface area contributed by atoms with E-state index in [0.29, 0.717) is 12.4 Å². The Labute approximate surface area is 117 Å². The number of hydrogen-bond acceptors (Lipinski definition) is 3. The van der Waals surface area contributed by atoms with E-state index in [1.807, 2.05) is 32.0 Å². The Balaban J connectivity index is 2.47. The summed E-state index contributed by atoms with van der Waals surface area (Å²) in [5.41, 5.74) is 0.465. The normalized spacial score (nSPS) is 11.1. The first kappa shape index (κ1) is 15.0. The molecule has 1 aromatic carbocycles. The minimum absolute atomic E-state index is 0.0432. The fourth-order valence-corrected chi connectivity index (χ4v) is 1.97. The minimum Gasteiger partial charge on any atom is -0.493 e. The van der Waals surface area contributed by atoms with Crippen LogP contribution in [0.4, 0.5) is 0 Å². The Morgan fingerprint density at radius 1 is 1.44 bits per heavy atom. The summed E-state index contributed by atoms with van der Waals surface area (Å²) < 4.78 is 6.55. The monoisotopic (exact) mass is 311 g/mol. The van der Waals surface area contributed by atoms with Crippen LogP contribution in [0.1, 0.15) is 32.3 Å². The zero-order valence-corrected chi connectivity index (χ0v) is 12.3.